The van der Waals surface area contributed by atoms with Crippen LogP contribution in [-0.2, 0) is 11.2 Å². The summed E-state index contributed by atoms with van der Waals surface area (Å²) in [6.07, 6.45) is 2.27. The maximum atomic E-state index is 13.3. The monoisotopic (exact) mass is 461 g/mol. The van der Waals surface area contributed by atoms with Gasteiger partial charge < -0.3 is 20.4 Å². The first-order valence-corrected chi connectivity index (χ1v) is 11.9. The highest BCUT2D eigenvalue weighted by Crippen LogP contribution is 2.22. The Bertz CT molecular complexity index is 1230. The summed E-state index contributed by atoms with van der Waals surface area (Å²) in [6.45, 7) is 4.43. The molecule has 4 rings (SSSR count). The summed E-state index contributed by atoms with van der Waals surface area (Å²) in [5, 5.41) is 8.88. The van der Waals surface area contributed by atoms with Gasteiger partial charge in [0.1, 0.15) is 11.8 Å². The van der Waals surface area contributed by atoms with Crippen LogP contribution >= 0.6 is 11.3 Å². The number of benzene rings is 2. The number of nitrogens with one attached hydrogen (secondary N) is 3. The lowest BCUT2D eigenvalue weighted by atomic mass is 10.0. The Labute approximate surface area is 197 Å². The molecule has 33 heavy (non-hydrogen) atoms. The molecule has 2 amide bonds. The van der Waals surface area contributed by atoms with E-state index in [1.54, 1.807) is 6.07 Å². The number of ether oxygens (including phenoxy) is 1. The zero-order valence-corrected chi connectivity index (χ0v) is 19.4. The lowest BCUT2D eigenvalue weighted by molar-refractivity contribution is -0.123. The minimum atomic E-state index is -0.726. The Morgan fingerprint density at radius 1 is 1.06 bits per heavy atom. The third kappa shape index (κ3) is 5.43. The highest BCUT2D eigenvalue weighted by Gasteiger charge is 2.25. The van der Waals surface area contributed by atoms with Gasteiger partial charge in [0.05, 0.1) is 17.5 Å². The molecule has 0 aliphatic carbocycles. The van der Waals surface area contributed by atoms with Gasteiger partial charge >= 0.3 is 0 Å². The summed E-state index contributed by atoms with van der Waals surface area (Å²) >= 11 is 1.35. The van der Waals surface area contributed by atoms with Crippen LogP contribution in [0.5, 0.6) is 5.75 Å². The van der Waals surface area contributed by atoms with Gasteiger partial charge in [0, 0.05) is 23.5 Å². The topological polar surface area (TPSA) is 83.2 Å². The van der Waals surface area contributed by atoms with Crippen LogP contribution < -0.4 is 15.4 Å². The lowest BCUT2D eigenvalue weighted by Crippen LogP contribution is -2.48. The molecule has 170 valence electrons. The molecular weight excluding hydrogens is 434 g/mol. The smallest absolute Gasteiger partial charge is 0.262 e. The molecule has 4 aromatic rings. The van der Waals surface area contributed by atoms with Crippen molar-refractivity contribution in [1.82, 2.24) is 15.6 Å². The minimum Gasteiger partial charge on any atom is -0.494 e. The summed E-state index contributed by atoms with van der Waals surface area (Å²) in [5.41, 5.74) is 2.91. The molecule has 0 aliphatic heterocycles. The predicted molar refractivity (Wildman–Crippen MR) is 132 cm³/mol. The van der Waals surface area contributed by atoms with Crippen LogP contribution in [-0.4, -0.2) is 29.4 Å². The lowest BCUT2D eigenvalue weighted by Gasteiger charge is -2.22. The maximum Gasteiger partial charge on any atom is 0.262 e. The van der Waals surface area contributed by atoms with Crippen LogP contribution in [0, 0.1) is 0 Å². The number of carbonyl (C=O) groups excluding carboxylic acids is 2. The summed E-state index contributed by atoms with van der Waals surface area (Å²) in [6, 6.07) is 18.2. The van der Waals surface area contributed by atoms with Crippen LogP contribution in [0.15, 0.2) is 72.2 Å². The molecule has 0 aliphatic rings. The molecule has 6 nitrogen and oxygen atoms in total. The van der Waals surface area contributed by atoms with E-state index in [9.17, 15) is 9.59 Å². The maximum absolute atomic E-state index is 13.3. The van der Waals surface area contributed by atoms with E-state index in [4.69, 9.17) is 4.74 Å². The van der Waals surface area contributed by atoms with Gasteiger partial charge in [0.2, 0.25) is 5.91 Å². The third-order valence-electron chi connectivity index (χ3n) is 5.49. The molecule has 0 bridgehead atoms. The van der Waals surface area contributed by atoms with Gasteiger partial charge in [0.25, 0.3) is 5.91 Å². The Kier molecular flexibility index (Phi) is 7.10. The third-order valence-corrected chi connectivity index (χ3v) is 6.36. The Balaban J connectivity index is 1.54. The first-order chi connectivity index (χ1) is 16.0. The number of aromatic amines is 1. The SMILES string of the molecule is CCOc1cccc(C(C)NC(=O)C(Cc2c[nH]c3ccccc23)NC(=O)c2cccs2)c1. The normalized spacial score (nSPS) is 12.8. The molecule has 3 N–H and O–H groups in total. The highest BCUT2D eigenvalue weighted by atomic mass is 32.1. The second-order valence-electron chi connectivity index (χ2n) is 7.80. The summed E-state index contributed by atoms with van der Waals surface area (Å²) in [7, 11) is 0. The van der Waals surface area contributed by atoms with E-state index in [1.165, 1.54) is 11.3 Å². The van der Waals surface area contributed by atoms with Crippen LogP contribution in [0.1, 0.15) is 40.7 Å². The number of hydrogen-bond acceptors (Lipinski definition) is 4. The number of para-hydroxylation sites is 1. The Morgan fingerprint density at radius 3 is 2.70 bits per heavy atom. The van der Waals surface area contributed by atoms with Gasteiger partial charge in [-0.2, -0.15) is 0 Å². The van der Waals surface area contributed by atoms with Crippen LogP contribution in [0.2, 0.25) is 0 Å². The van der Waals surface area contributed by atoms with E-state index in [-0.39, 0.29) is 17.9 Å². The average molecular weight is 462 g/mol. The van der Waals surface area contributed by atoms with Gasteiger partial charge in [-0.3, -0.25) is 9.59 Å². The van der Waals surface area contributed by atoms with Crippen molar-refractivity contribution in [3.8, 4) is 5.75 Å². The van der Waals surface area contributed by atoms with Crippen LogP contribution in [0.3, 0.4) is 0 Å². The number of hydrogen-bond donors (Lipinski definition) is 3. The fourth-order valence-corrected chi connectivity index (χ4v) is 4.43. The quantitative estimate of drug-likeness (QED) is 0.333. The molecule has 7 heteroatoms. The Hall–Kier alpha value is -3.58. The average Bonchev–Trinajstić information content (AvgIpc) is 3.50. The van der Waals surface area contributed by atoms with Crippen LogP contribution in [0.25, 0.3) is 10.9 Å². The van der Waals surface area contributed by atoms with Crippen molar-refractivity contribution in [1.29, 1.82) is 0 Å². The number of fused-ring (bicyclic) bond motifs is 1. The molecule has 2 unspecified atom stereocenters. The standard InChI is InChI=1S/C26H27N3O3S/c1-3-32-20-9-6-8-18(14-20)17(2)28-25(30)23(29-26(31)24-12-7-13-33-24)15-19-16-27-22-11-5-4-10-21(19)22/h4-14,16-17,23,27H,3,15H2,1-2H3,(H,28,30)(H,29,31). The van der Waals surface area contributed by atoms with E-state index < -0.39 is 6.04 Å². The predicted octanol–water partition coefficient (Wildman–Crippen LogP) is 4.85. The van der Waals surface area contributed by atoms with Gasteiger partial charge in [-0.1, -0.05) is 36.4 Å². The van der Waals surface area contributed by atoms with Crippen LogP contribution in [0.4, 0.5) is 0 Å². The summed E-state index contributed by atoms with van der Waals surface area (Å²) in [5.74, 6) is 0.271. The van der Waals surface area contributed by atoms with E-state index in [2.05, 4.69) is 15.6 Å². The molecule has 0 fully saturated rings. The second kappa shape index (κ2) is 10.4. The largest absolute Gasteiger partial charge is 0.494 e. The first kappa shape index (κ1) is 22.6. The zero-order chi connectivity index (χ0) is 23.2. The summed E-state index contributed by atoms with van der Waals surface area (Å²) < 4.78 is 5.58. The minimum absolute atomic E-state index is 0.237. The first-order valence-electron chi connectivity index (χ1n) is 11.0. The molecule has 0 saturated heterocycles. The molecule has 2 atom stereocenters. The van der Waals surface area contributed by atoms with Gasteiger partial charge in [-0.15, -0.1) is 11.3 Å². The number of amides is 2. The van der Waals surface area contributed by atoms with Crippen molar-refractivity contribution in [2.45, 2.75) is 32.4 Å². The molecule has 2 aromatic carbocycles. The van der Waals surface area contributed by atoms with E-state index in [0.717, 1.165) is 27.8 Å². The van der Waals surface area contributed by atoms with Crippen molar-refractivity contribution in [3.63, 3.8) is 0 Å². The van der Waals surface area contributed by atoms with Crippen molar-refractivity contribution in [2.24, 2.45) is 0 Å². The number of carbonyl (C=O) groups is 2. The van der Waals surface area contributed by atoms with E-state index >= 15 is 0 Å². The summed E-state index contributed by atoms with van der Waals surface area (Å²) in [4.78, 5) is 29.9. The van der Waals surface area contributed by atoms with Gasteiger partial charge in [-0.05, 0) is 54.6 Å². The Morgan fingerprint density at radius 2 is 1.91 bits per heavy atom. The van der Waals surface area contributed by atoms with Crippen molar-refractivity contribution in [3.05, 3.63) is 88.2 Å². The number of aromatic nitrogens is 1. The van der Waals surface area contributed by atoms with E-state index in [1.807, 2.05) is 80.0 Å². The number of H-pyrrole nitrogens is 1. The molecule has 0 saturated carbocycles. The zero-order valence-electron chi connectivity index (χ0n) is 18.6. The fourth-order valence-electron chi connectivity index (χ4n) is 3.80. The molecular formula is C26H27N3O3S. The van der Waals surface area contributed by atoms with Gasteiger partial charge in [0.15, 0.2) is 0 Å². The number of thiophene rings is 1. The molecule has 2 aromatic heterocycles. The van der Waals surface area contributed by atoms with Crippen molar-refractivity contribution < 1.29 is 14.3 Å². The second-order valence-corrected chi connectivity index (χ2v) is 8.75. The fraction of sp³-hybridized carbons (Fsp3) is 0.231. The van der Waals surface area contributed by atoms with Crippen molar-refractivity contribution in [2.75, 3.05) is 6.61 Å². The van der Waals surface area contributed by atoms with Gasteiger partial charge in [-0.25, -0.2) is 0 Å². The molecule has 0 spiro atoms. The molecule has 0 radical (unpaired) electrons. The van der Waals surface area contributed by atoms with E-state index in [0.29, 0.717) is 17.9 Å². The highest BCUT2D eigenvalue weighted by molar-refractivity contribution is 7.12. The molecule has 2 heterocycles. The number of rotatable bonds is 9. The van der Waals surface area contributed by atoms with Crippen molar-refractivity contribution >= 4 is 34.1 Å².